The number of benzene rings is 2. The van der Waals surface area contributed by atoms with E-state index in [9.17, 15) is 14.0 Å². The number of amides is 2. The molecule has 1 fully saturated rings. The predicted molar refractivity (Wildman–Crippen MR) is 120 cm³/mol. The van der Waals surface area contributed by atoms with Crippen LogP contribution in [0.5, 0.6) is 0 Å². The first-order chi connectivity index (χ1) is 15.4. The van der Waals surface area contributed by atoms with Crippen molar-refractivity contribution in [2.24, 2.45) is 7.05 Å². The van der Waals surface area contributed by atoms with Crippen molar-refractivity contribution in [3.8, 4) is 0 Å². The number of hydrogen-bond acceptors (Lipinski definition) is 4. The fourth-order valence-electron chi connectivity index (χ4n) is 3.68. The average Bonchev–Trinajstić information content (AvgIpc) is 3.14. The summed E-state index contributed by atoms with van der Waals surface area (Å²) in [5, 5.41) is 7.37. The lowest BCUT2D eigenvalue weighted by atomic mass is 10.2. The standard InChI is InChI=1S/C23H23ClFN5O2/c1-28-21(26-22(31)18-7-2-3-8-19(18)24)14-20(27-28)23(32)30-11-9-29(10-12-30)15-16-5-4-6-17(25)13-16/h2-8,13-14H,9-12,15H2,1H3,(H,26,31). The minimum atomic E-state index is -0.372. The number of halogens is 2. The lowest BCUT2D eigenvalue weighted by Crippen LogP contribution is -2.48. The van der Waals surface area contributed by atoms with E-state index in [-0.39, 0.29) is 23.3 Å². The van der Waals surface area contributed by atoms with E-state index in [4.69, 9.17) is 11.6 Å². The molecule has 1 aromatic heterocycles. The summed E-state index contributed by atoms with van der Waals surface area (Å²) in [6.45, 7) is 3.11. The van der Waals surface area contributed by atoms with Crippen molar-refractivity contribution in [3.63, 3.8) is 0 Å². The van der Waals surface area contributed by atoms with Gasteiger partial charge in [0.15, 0.2) is 5.69 Å². The summed E-state index contributed by atoms with van der Waals surface area (Å²) in [4.78, 5) is 29.4. The average molecular weight is 456 g/mol. The highest BCUT2D eigenvalue weighted by Gasteiger charge is 2.25. The van der Waals surface area contributed by atoms with Gasteiger partial charge in [0, 0.05) is 45.8 Å². The highest BCUT2D eigenvalue weighted by Crippen LogP contribution is 2.19. The zero-order chi connectivity index (χ0) is 22.7. The number of aryl methyl sites for hydroxylation is 1. The van der Waals surface area contributed by atoms with Gasteiger partial charge in [0.05, 0.1) is 10.6 Å². The van der Waals surface area contributed by atoms with Crippen LogP contribution in [0.4, 0.5) is 10.2 Å². The molecule has 2 aromatic carbocycles. The number of hydrogen-bond donors (Lipinski definition) is 1. The first kappa shape index (κ1) is 22.0. The molecule has 0 atom stereocenters. The van der Waals surface area contributed by atoms with Gasteiger partial charge >= 0.3 is 0 Å². The topological polar surface area (TPSA) is 70.5 Å². The summed E-state index contributed by atoms with van der Waals surface area (Å²) in [5.74, 6) is -0.403. The minimum absolute atomic E-state index is 0.191. The van der Waals surface area contributed by atoms with Gasteiger partial charge in [-0.3, -0.25) is 19.2 Å². The first-order valence-corrected chi connectivity index (χ1v) is 10.6. The van der Waals surface area contributed by atoms with Crippen molar-refractivity contribution < 1.29 is 14.0 Å². The number of nitrogens with zero attached hydrogens (tertiary/aromatic N) is 4. The van der Waals surface area contributed by atoms with Gasteiger partial charge in [-0.05, 0) is 29.8 Å². The largest absolute Gasteiger partial charge is 0.335 e. The molecule has 0 radical (unpaired) electrons. The van der Waals surface area contributed by atoms with Crippen LogP contribution in [0.15, 0.2) is 54.6 Å². The van der Waals surface area contributed by atoms with E-state index in [0.717, 1.165) is 5.56 Å². The molecule has 4 rings (SSSR count). The summed E-state index contributed by atoms with van der Waals surface area (Å²) in [6, 6.07) is 14.9. The second-order valence-electron chi connectivity index (χ2n) is 7.67. The molecule has 1 aliphatic rings. The number of rotatable bonds is 5. The monoisotopic (exact) mass is 455 g/mol. The lowest BCUT2D eigenvalue weighted by Gasteiger charge is -2.34. The van der Waals surface area contributed by atoms with Gasteiger partial charge in [0.2, 0.25) is 0 Å². The SMILES string of the molecule is Cn1nc(C(=O)N2CCN(Cc3cccc(F)c3)CC2)cc1NC(=O)c1ccccc1Cl. The van der Waals surface area contributed by atoms with Gasteiger partial charge in [0.25, 0.3) is 11.8 Å². The van der Waals surface area contributed by atoms with Gasteiger partial charge in [-0.2, -0.15) is 5.10 Å². The van der Waals surface area contributed by atoms with Crippen LogP contribution in [0.3, 0.4) is 0 Å². The van der Waals surface area contributed by atoms with Crippen molar-refractivity contribution in [2.45, 2.75) is 6.54 Å². The van der Waals surface area contributed by atoms with E-state index >= 15 is 0 Å². The normalized spacial score (nSPS) is 14.4. The van der Waals surface area contributed by atoms with Crippen LogP contribution >= 0.6 is 11.6 Å². The summed E-state index contributed by atoms with van der Waals surface area (Å²) in [7, 11) is 1.66. The molecular formula is C23H23ClFN5O2. The van der Waals surface area contributed by atoms with E-state index in [1.54, 1.807) is 48.3 Å². The third-order valence-electron chi connectivity index (χ3n) is 5.41. The van der Waals surface area contributed by atoms with Crippen LogP contribution in [-0.4, -0.2) is 57.6 Å². The molecule has 1 saturated heterocycles. The molecule has 2 heterocycles. The van der Waals surface area contributed by atoms with E-state index in [1.807, 2.05) is 6.07 Å². The predicted octanol–water partition coefficient (Wildman–Crippen LogP) is 3.42. The van der Waals surface area contributed by atoms with Gasteiger partial charge in [-0.15, -0.1) is 0 Å². The zero-order valence-corrected chi connectivity index (χ0v) is 18.3. The molecule has 32 heavy (non-hydrogen) atoms. The third-order valence-corrected chi connectivity index (χ3v) is 5.74. The summed E-state index contributed by atoms with van der Waals surface area (Å²) < 4.78 is 14.9. The molecule has 1 aliphatic heterocycles. The molecule has 0 saturated carbocycles. The number of aromatic nitrogens is 2. The fourth-order valence-corrected chi connectivity index (χ4v) is 3.90. The molecule has 0 aliphatic carbocycles. The van der Waals surface area contributed by atoms with Crippen LogP contribution in [-0.2, 0) is 13.6 Å². The molecule has 0 spiro atoms. The smallest absolute Gasteiger partial charge is 0.274 e. The molecule has 1 N–H and O–H groups in total. The Labute approximate surface area is 190 Å². The van der Waals surface area contributed by atoms with Crippen molar-refractivity contribution in [1.29, 1.82) is 0 Å². The Kier molecular flexibility index (Phi) is 6.53. The number of carbonyl (C=O) groups excluding carboxylic acids is 2. The van der Waals surface area contributed by atoms with Gasteiger partial charge in [0.1, 0.15) is 11.6 Å². The summed E-state index contributed by atoms with van der Waals surface area (Å²) in [5.41, 5.74) is 1.52. The van der Waals surface area contributed by atoms with Crippen LogP contribution < -0.4 is 5.32 Å². The summed E-state index contributed by atoms with van der Waals surface area (Å²) >= 11 is 6.09. The molecule has 3 aromatic rings. The number of nitrogens with one attached hydrogen (secondary N) is 1. The molecular weight excluding hydrogens is 433 g/mol. The van der Waals surface area contributed by atoms with Crippen LogP contribution in [0.2, 0.25) is 5.02 Å². The Morgan fingerprint density at radius 2 is 1.81 bits per heavy atom. The first-order valence-electron chi connectivity index (χ1n) is 10.3. The van der Waals surface area contributed by atoms with E-state index in [2.05, 4.69) is 15.3 Å². The Hall–Kier alpha value is -3.23. The van der Waals surface area contributed by atoms with Crippen molar-refractivity contribution in [3.05, 3.63) is 82.3 Å². The van der Waals surface area contributed by atoms with E-state index in [0.29, 0.717) is 49.1 Å². The quantitative estimate of drug-likeness (QED) is 0.640. The Morgan fingerprint density at radius 3 is 2.53 bits per heavy atom. The fraction of sp³-hybridized carbons (Fsp3) is 0.261. The van der Waals surface area contributed by atoms with Gasteiger partial charge in [-0.1, -0.05) is 35.9 Å². The molecule has 166 valence electrons. The van der Waals surface area contributed by atoms with Crippen molar-refractivity contribution in [2.75, 3.05) is 31.5 Å². The van der Waals surface area contributed by atoms with Gasteiger partial charge < -0.3 is 10.2 Å². The molecule has 0 bridgehead atoms. The number of piperazine rings is 1. The lowest BCUT2D eigenvalue weighted by molar-refractivity contribution is 0.0622. The van der Waals surface area contributed by atoms with E-state index in [1.165, 1.54) is 16.8 Å². The maximum Gasteiger partial charge on any atom is 0.274 e. The Balaban J connectivity index is 1.36. The van der Waals surface area contributed by atoms with Crippen LogP contribution in [0.1, 0.15) is 26.4 Å². The molecule has 9 heteroatoms. The van der Waals surface area contributed by atoms with E-state index < -0.39 is 0 Å². The second-order valence-corrected chi connectivity index (χ2v) is 8.08. The van der Waals surface area contributed by atoms with Crippen LogP contribution in [0.25, 0.3) is 0 Å². The van der Waals surface area contributed by atoms with Gasteiger partial charge in [-0.25, -0.2) is 4.39 Å². The Morgan fingerprint density at radius 1 is 1.06 bits per heavy atom. The minimum Gasteiger partial charge on any atom is -0.335 e. The zero-order valence-electron chi connectivity index (χ0n) is 17.6. The third kappa shape index (κ3) is 4.98. The molecule has 0 unspecified atom stereocenters. The second kappa shape index (κ2) is 9.50. The van der Waals surface area contributed by atoms with Crippen LogP contribution in [0, 0.1) is 5.82 Å². The van der Waals surface area contributed by atoms with Crippen molar-refractivity contribution in [1.82, 2.24) is 19.6 Å². The Bertz CT molecular complexity index is 1140. The maximum absolute atomic E-state index is 13.4. The maximum atomic E-state index is 13.4. The number of carbonyl (C=O) groups is 2. The molecule has 2 amide bonds. The highest BCUT2D eigenvalue weighted by molar-refractivity contribution is 6.34. The number of anilines is 1. The highest BCUT2D eigenvalue weighted by atomic mass is 35.5. The van der Waals surface area contributed by atoms with Crippen molar-refractivity contribution >= 4 is 29.2 Å². The summed E-state index contributed by atoms with van der Waals surface area (Å²) in [6.07, 6.45) is 0. The molecule has 7 nitrogen and oxygen atoms in total.